The first-order chi connectivity index (χ1) is 28.0. The summed E-state index contributed by atoms with van der Waals surface area (Å²) in [6, 6.07) is 0.311. The number of hydrogen-bond donors (Lipinski definition) is 12. The van der Waals surface area contributed by atoms with E-state index in [1.165, 1.54) is 0 Å². The minimum absolute atomic E-state index is 0.0267. The van der Waals surface area contributed by atoms with Crippen LogP contribution in [0.3, 0.4) is 0 Å². The first kappa shape index (κ1) is 51.4. The highest BCUT2D eigenvalue weighted by molar-refractivity contribution is 8.00. The molecule has 6 unspecified atom stereocenters. The molecule has 3 fully saturated rings. The molecule has 0 aliphatic carbocycles. The number of thioether (sulfide) groups is 1. The van der Waals surface area contributed by atoms with E-state index in [0.717, 1.165) is 57.1 Å². The number of phosphoric acid groups is 2. The highest BCUT2D eigenvalue weighted by Gasteiger charge is 2.53. The second kappa shape index (κ2) is 26.5. The van der Waals surface area contributed by atoms with Gasteiger partial charge in [0.1, 0.15) is 30.5 Å². The molecule has 0 aromatic rings. The van der Waals surface area contributed by atoms with Crippen molar-refractivity contribution >= 4 is 51.2 Å². The van der Waals surface area contributed by atoms with Gasteiger partial charge < -0.3 is 71.0 Å². The third kappa shape index (κ3) is 20.2. The summed E-state index contributed by atoms with van der Waals surface area (Å²) in [4.78, 5) is 85.0. The Bertz CT molecular complexity index is 1410. The van der Waals surface area contributed by atoms with Crippen LogP contribution in [0.25, 0.3) is 0 Å². The lowest BCUT2D eigenvalue weighted by atomic mass is 9.95. The summed E-state index contributed by atoms with van der Waals surface area (Å²) in [7, 11) is -10.6. The number of amides is 5. The Kier molecular flexibility index (Phi) is 23.1. The number of phosphoric ester groups is 2. The van der Waals surface area contributed by atoms with Crippen molar-refractivity contribution in [3.05, 3.63) is 0 Å². The predicted octanol–water partition coefficient (Wildman–Crippen LogP) is -0.237. The fourth-order valence-electron chi connectivity index (χ4n) is 6.95. The number of rotatable bonds is 30. The fraction of sp³-hybridized carbons (Fsp3) is 0.882. The Morgan fingerprint density at radius 1 is 0.763 bits per heavy atom. The summed E-state index contributed by atoms with van der Waals surface area (Å²) in [6.45, 7) is 0.406. The topological polar surface area (TPSA) is 341 Å². The van der Waals surface area contributed by atoms with Crippen LogP contribution in [0.1, 0.15) is 96.3 Å². The maximum absolute atomic E-state index is 12.2. The third-order valence-electron chi connectivity index (χ3n) is 9.95. The molecule has 3 aliphatic heterocycles. The van der Waals surface area contributed by atoms with E-state index in [1.54, 1.807) is 0 Å². The molecular weight excluding hydrogens is 844 g/mol. The molecule has 0 radical (unpaired) electrons. The van der Waals surface area contributed by atoms with Crippen molar-refractivity contribution in [2.45, 2.75) is 150 Å². The predicted molar refractivity (Wildman–Crippen MR) is 211 cm³/mol. The molecule has 0 aromatic carbocycles. The van der Waals surface area contributed by atoms with Gasteiger partial charge in [-0.25, -0.2) is 13.9 Å². The average Bonchev–Trinajstić information content (AvgIpc) is 3.72. The van der Waals surface area contributed by atoms with Gasteiger partial charge in [0.05, 0.1) is 18.7 Å². The number of urea groups is 1. The number of aliphatic hydroxyl groups excluding tert-OH is 3. The summed E-state index contributed by atoms with van der Waals surface area (Å²) in [5.74, 6) is 0.814. The van der Waals surface area contributed by atoms with Crippen molar-refractivity contribution in [1.29, 1.82) is 0 Å². The van der Waals surface area contributed by atoms with Crippen molar-refractivity contribution in [1.82, 2.24) is 26.6 Å². The highest BCUT2D eigenvalue weighted by Crippen LogP contribution is 2.46. The zero-order chi connectivity index (χ0) is 43.4. The zero-order valence-electron chi connectivity index (χ0n) is 33.1. The van der Waals surface area contributed by atoms with Crippen LogP contribution in [0.15, 0.2) is 0 Å². The van der Waals surface area contributed by atoms with Crippen molar-refractivity contribution in [2.75, 3.05) is 38.6 Å². The lowest BCUT2D eigenvalue weighted by Gasteiger charge is -2.44. The van der Waals surface area contributed by atoms with Crippen molar-refractivity contribution in [3.8, 4) is 0 Å². The van der Waals surface area contributed by atoms with Crippen LogP contribution in [0.5, 0.6) is 0 Å². The van der Waals surface area contributed by atoms with E-state index in [1.807, 2.05) is 11.8 Å². The molecule has 0 saturated carbocycles. The number of fused-ring (bicyclic) bond motifs is 1. The molecular formula is C34H63N5O17P2S. The molecule has 5 amide bonds. The lowest BCUT2D eigenvalue weighted by molar-refractivity contribution is -0.305. The zero-order valence-corrected chi connectivity index (χ0v) is 35.7. The molecule has 59 heavy (non-hydrogen) atoms. The van der Waals surface area contributed by atoms with Crippen LogP contribution in [0, 0.1) is 0 Å². The molecule has 3 rings (SSSR count). The normalized spacial score (nSPS) is 26.1. The van der Waals surface area contributed by atoms with E-state index < -0.39 is 59.1 Å². The van der Waals surface area contributed by atoms with Crippen LogP contribution >= 0.6 is 27.4 Å². The highest BCUT2D eigenvalue weighted by atomic mass is 32.2. The summed E-state index contributed by atoms with van der Waals surface area (Å²) in [6.07, 6.45) is -1.63. The summed E-state index contributed by atoms with van der Waals surface area (Å²) < 4.78 is 42.9. The molecule has 342 valence electrons. The molecule has 9 atom stereocenters. The minimum atomic E-state index is -5.31. The van der Waals surface area contributed by atoms with Gasteiger partial charge >= 0.3 is 21.7 Å². The van der Waals surface area contributed by atoms with Crippen LogP contribution in [0.4, 0.5) is 4.79 Å². The van der Waals surface area contributed by atoms with Crippen molar-refractivity contribution in [2.24, 2.45) is 0 Å². The maximum atomic E-state index is 12.2. The Hall–Kier alpha value is -1.95. The van der Waals surface area contributed by atoms with Gasteiger partial charge in [-0.05, 0) is 57.8 Å². The van der Waals surface area contributed by atoms with Crippen LogP contribution in [-0.2, 0) is 42.0 Å². The molecule has 0 bridgehead atoms. The average molecular weight is 908 g/mol. The van der Waals surface area contributed by atoms with Crippen molar-refractivity contribution < 1.29 is 81.7 Å². The largest absolute Gasteiger partial charge is 0.470 e. The van der Waals surface area contributed by atoms with Crippen LogP contribution in [-0.4, -0.2) is 151 Å². The molecule has 22 nitrogen and oxygen atoms in total. The van der Waals surface area contributed by atoms with Gasteiger partial charge in [0.2, 0.25) is 17.7 Å². The number of carbonyl (C=O) groups is 4. The van der Waals surface area contributed by atoms with Crippen molar-refractivity contribution in [3.63, 3.8) is 0 Å². The van der Waals surface area contributed by atoms with Gasteiger partial charge in [0.15, 0.2) is 6.29 Å². The van der Waals surface area contributed by atoms with E-state index in [9.17, 15) is 63.2 Å². The molecule has 3 saturated heterocycles. The second-order valence-corrected chi connectivity index (χ2v) is 18.5. The molecule has 12 N–H and O–H groups in total. The summed E-state index contributed by atoms with van der Waals surface area (Å²) in [5.41, 5.74) is 0. The van der Waals surface area contributed by atoms with E-state index in [4.69, 9.17) is 9.47 Å². The van der Waals surface area contributed by atoms with Gasteiger partial charge in [-0.1, -0.05) is 19.3 Å². The van der Waals surface area contributed by atoms with Gasteiger partial charge in [-0.3, -0.25) is 23.4 Å². The maximum Gasteiger partial charge on any atom is 0.470 e. The quantitative estimate of drug-likeness (QED) is 0.0251. The Labute approximate surface area is 347 Å². The SMILES string of the molecule is O=C(CCCCCNC(=O)CCCCCNC(=O)CCCCC1SCC2NC(=O)NC21)NCCCCCO[C@H]1OC([C@@H](O)CO)[C@@H](OP(=O)(O)O)C(O)C1OP(=O)(O)O. The Morgan fingerprint density at radius 3 is 1.80 bits per heavy atom. The van der Waals surface area contributed by atoms with Crippen LogP contribution in [0.2, 0.25) is 0 Å². The van der Waals surface area contributed by atoms with Gasteiger partial charge in [-0.2, -0.15) is 11.8 Å². The van der Waals surface area contributed by atoms with E-state index in [-0.39, 0.29) is 42.4 Å². The molecule has 3 heterocycles. The fourth-order valence-corrected chi connectivity index (χ4v) is 9.60. The van der Waals surface area contributed by atoms with Gasteiger partial charge in [0, 0.05) is 56.5 Å². The van der Waals surface area contributed by atoms with E-state index in [2.05, 4.69) is 35.6 Å². The van der Waals surface area contributed by atoms with E-state index in [0.29, 0.717) is 69.8 Å². The number of ether oxygens (including phenoxy) is 2. The molecule has 0 aromatic heterocycles. The number of carbonyl (C=O) groups excluding carboxylic acids is 4. The first-order valence-corrected chi connectivity index (χ1v) is 24.3. The number of unbranched alkanes of at least 4 members (excludes halogenated alkanes) is 7. The second-order valence-electron chi connectivity index (χ2n) is 14.8. The monoisotopic (exact) mass is 907 g/mol. The van der Waals surface area contributed by atoms with Gasteiger partial charge in [-0.15, -0.1) is 0 Å². The standard InChI is InChI=1S/C34H63N5O17P2S/c40-20-23(41)30-31(55-57(47,48)49)29(45)32(56-58(50,51)52)33(54-30)53-19-11-3-10-18-37-26(43)14-5-1-8-16-35-25(42)13-4-2-9-17-36-27(44)15-7-6-12-24-28-22(21-59-24)38-34(46)39-28/h22-24,28-33,40-41,45H,1-21H2,(H,35,42)(H,36,44)(H,37,43)(H2,38,39,46)(H2,47,48,49)(H2,50,51,52)/t22?,23-,24?,28?,29?,30?,31-,32?,33-/m0/s1. The Morgan fingerprint density at radius 2 is 1.27 bits per heavy atom. The van der Waals surface area contributed by atoms with Crippen LogP contribution < -0.4 is 26.6 Å². The third-order valence-corrected chi connectivity index (χ3v) is 12.5. The molecule has 3 aliphatic rings. The van der Waals surface area contributed by atoms with Gasteiger partial charge in [0.25, 0.3) is 0 Å². The molecule has 25 heteroatoms. The smallest absolute Gasteiger partial charge is 0.394 e. The van der Waals surface area contributed by atoms with E-state index >= 15 is 0 Å². The Balaban J connectivity index is 1.14. The summed E-state index contributed by atoms with van der Waals surface area (Å²) in [5, 5.41) is 45.1. The first-order valence-electron chi connectivity index (χ1n) is 20.2. The number of hydrogen-bond acceptors (Lipinski definition) is 14. The minimum Gasteiger partial charge on any atom is -0.394 e. The number of nitrogens with one attached hydrogen (secondary N) is 5. The summed E-state index contributed by atoms with van der Waals surface area (Å²) >= 11 is 1.87. The lowest BCUT2D eigenvalue weighted by Crippen LogP contribution is -2.62. The number of aliphatic hydroxyl groups is 3. The molecule has 0 spiro atoms.